The maximum atomic E-state index is 12.7. The molecule has 2 saturated heterocycles. The second-order valence-electron chi connectivity index (χ2n) is 6.03. The summed E-state index contributed by atoms with van der Waals surface area (Å²) in [4.78, 5) is 14.8. The first kappa shape index (κ1) is 13.8. The Morgan fingerprint density at radius 1 is 1.44 bits per heavy atom. The fourth-order valence-electron chi connectivity index (χ4n) is 3.20. The highest BCUT2D eigenvalue weighted by molar-refractivity contribution is 5.82. The molecule has 1 amide bonds. The van der Waals surface area contributed by atoms with Crippen LogP contribution in [-0.2, 0) is 9.53 Å². The summed E-state index contributed by atoms with van der Waals surface area (Å²) in [6.07, 6.45) is 4.25. The summed E-state index contributed by atoms with van der Waals surface area (Å²) in [6, 6.07) is 0. The van der Waals surface area contributed by atoms with E-state index in [1.807, 2.05) is 0 Å². The fraction of sp³-hybridized carbons (Fsp3) is 0.929. The molecule has 2 heterocycles. The molecule has 4 nitrogen and oxygen atoms in total. The van der Waals surface area contributed by atoms with Gasteiger partial charge in [0, 0.05) is 25.6 Å². The van der Waals surface area contributed by atoms with E-state index in [1.165, 1.54) is 6.42 Å². The molecule has 0 aromatic carbocycles. The quantitative estimate of drug-likeness (QED) is 0.824. The molecule has 4 heteroatoms. The lowest BCUT2D eigenvalue weighted by molar-refractivity contribution is -0.145. The van der Waals surface area contributed by atoms with Crippen LogP contribution in [-0.4, -0.2) is 50.7 Å². The third-order valence-electron chi connectivity index (χ3n) is 4.43. The minimum Gasteiger partial charge on any atom is -0.384 e. The zero-order chi connectivity index (χ0) is 13.0. The molecule has 104 valence electrons. The van der Waals surface area contributed by atoms with E-state index < -0.39 is 0 Å². The van der Waals surface area contributed by atoms with Crippen molar-refractivity contribution < 1.29 is 9.53 Å². The number of rotatable bonds is 3. The first-order valence-electron chi connectivity index (χ1n) is 7.15. The van der Waals surface area contributed by atoms with Gasteiger partial charge >= 0.3 is 0 Å². The van der Waals surface area contributed by atoms with Gasteiger partial charge in [-0.2, -0.15) is 0 Å². The summed E-state index contributed by atoms with van der Waals surface area (Å²) in [7, 11) is 1.74. The van der Waals surface area contributed by atoms with Crippen LogP contribution in [0, 0.1) is 11.3 Å². The number of hydrogen-bond acceptors (Lipinski definition) is 3. The Kier molecular flexibility index (Phi) is 4.62. The van der Waals surface area contributed by atoms with Crippen LogP contribution in [0.4, 0.5) is 0 Å². The number of carbonyl (C=O) groups is 1. The van der Waals surface area contributed by atoms with Crippen LogP contribution in [0.3, 0.4) is 0 Å². The predicted molar refractivity (Wildman–Crippen MR) is 71.4 cm³/mol. The minimum absolute atomic E-state index is 0.139. The Morgan fingerprint density at radius 3 is 2.83 bits per heavy atom. The maximum absolute atomic E-state index is 12.7. The third kappa shape index (κ3) is 3.04. The highest BCUT2D eigenvalue weighted by Crippen LogP contribution is 2.32. The van der Waals surface area contributed by atoms with Gasteiger partial charge in [0.05, 0.1) is 6.61 Å². The zero-order valence-electron chi connectivity index (χ0n) is 11.7. The Hall–Kier alpha value is -0.610. The van der Waals surface area contributed by atoms with E-state index in [4.69, 9.17) is 4.74 Å². The molecule has 2 aliphatic heterocycles. The van der Waals surface area contributed by atoms with E-state index in [9.17, 15) is 4.79 Å². The Labute approximate surface area is 110 Å². The SMILES string of the molecule is COCC1CCCN(C(=O)C2(C)CCNCC2)C1. The van der Waals surface area contributed by atoms with Crippen molar-refractivity contribution in [3.05, 3.63) is 0 Å². The molecule has 18 heavy (non-hydrogen) atoms. The first-order chi connectivity index (χ1) is 8.65. The van der Waals surface area contributed by atoms with Gasteiger partial charge in [-0.05, 0) is 44.7 Å². The smallest absolute Gasteiger partial charge is 0.228 e. The van der Waals surface area contributed by atoms with Crippen LogP contribution in [0.2, 0.25) is 0 Å². The van der Waals surface area contributed by atoms with Crippen molar-refractivity contribution in [1.82, 2.24) is 10.2 Å². The molecule has 1 N–H and O–H groups in total. The van der Waals surface area contributed by atoms with Crippen molar-refractivity contribution in [2.75, 3.05) is 39.9 Å². The van der Waals surface area contributed by atoms with Crippen molar-refractivity contribution in [3.63, 3.8) is 0 Å². The number of carbonyl (C=O) groups excluding carboxylic acids is 1. The minimum atomic E-state index is -0.139. The van der Waals surface area contributed by atoms with Gasteiger partial charge in [-0.3, -0.25) is 4.79 Å². The monoisotopic (exact) mass is 254 g/mol. The number of methoxy groups -OCH3 is 1. The molecule has 0 spiro atoms. The highest BCUT2D eigenvalue weighted by atomic mass is 16.5. The molecule has 0 aromatic heterocycles. The lowest BCUT2D eigenvalue weighted by atomic mass is 9.79. The predicted octanol–water partition coefficient (Wildman–Crippen LogP) is 1.26. The largest absolute Gasteiger partial charge is 0.384 e. The van der Waals surface area contributed by atoms with Gasteiger partial charge < -0.3 is 15.0 Å². The van der Waals surface area contributed by atoms with E-state index in [1.54, 1.807) is 7.11 Å². The Bertz CT molecular complexity index is 286. The number of amides is 1. The van der Waals surface area contributed by atoms with Crippen LogP contribution in [0.5, 0.6) is 0 Å². The lowest BCUT2D eigenvalue weighted by Gasteiger charge is -2.40. The topological polar surface area (TPSA) is 41.6 Å². The molecule has 0 bridgehead atoms. The average molecular weight is 254 g/mol. The second-order valence-corrected chi connectivity index (χ2v) is 6.03. The molecule has 2 aliphatic rings. The first-order valence-corrected chi connectivity index (χ1v) is 7.15. The summed E-state index contributed by atoms with van der Waals surface area (Å²) in [5.74, 6) is 0.891. The lowest BCUT2D eigenvalue weighted by Crippen LogP contribution is -2.51. The normalized spacial score (nSPS) is 28.1. The molecule has 0 saturated carbocycles. The van der Waals surface area contributed by atoms with E-state index in [0.29, 0.717) is 11.8 Å². The van der Waals surface area contributed by atoms with Crippen LogP contribution >= 0.6 is 0 Å². The van der Waals surface area contributed by atoms with Gasteiger partial charge in [-0.15, -0.1) is 0 Å². The van der Waals surface area contributed by atoms with Gasteiger partial charge in [0.25, 0.3) is 0 Å². The van der Waals surface area contributed by atoms with Crippen LogP contribution in [0.25, 0.3) is 0 Å². The summed E-state index contributed by atoms with van der Waals surface area (Å²) >= 11 is 0. The van der Waals surface area contributed by atoms with Gasteiger partial charge in [0.1, 0.15) is 0 Å². The number of ether oxygens (including phenoxy) is 1. The highest BCUT2D eigenvalue weighted by Gasteiger charge is 2.38. The second kappa shape index (κ2) is 6.02. The van der Waals surface area contributed by atoms with Crippen LogP contribution < -0.4 is 5.32 Å². The van der Waals surface area contributed by atoms with Crippen molar-refractivity contribution in [2.45, 2.75) is 32.6 Å². The standard InChI is InChI=1S/C14H26N2O2/c1-14(5-7-15-8-6-14)13(17)16-9-3-4-12(10-16)11-18-2/h12,15H,3-11H2,1-2H3. The number of hydrogen-bond donors (Lipinski definition) is 1. The molecule has 0 aromatic rings. The molecule has 0 aliphatic carbocycles. The number of likely N-dealkylation sites (tertiary alicyclic amines) is 1. The Morgan fingerprint density at radius 2 is 2.17 bits per heavy atom. The van der Waals surface area contributed by atoms with Crippen LogP contribution in [0.1, 0.15) is 32.6 Å². The summed E-state index contributed by atoms with van der Waals surface area (Å²) in [5, 5.41) is 3.34. The van der Waals surface area contributed by atoms with E-state index in [-0.39, 0.29) is 5.41 Å². The molecule has 1 unspecified atom stereocenters. The van der Waals surface area contributed by atoms with Gasteiger partial charge in [-0.25, -0.2) is 0 Å². The molecule has 1 atom stereocenters. The molecule has 2 fully saturated rings. The molecular formula is C14H26N2O2. The number of piperidine rings is 2. The van der Waals surface area contributed by atoms with E-state index in [2.05, 4.69) is 17.1 Å². The third-order valence-corrected chi connectivity index (χ3v) is 4.43. The number of nitrogens with zero attached hydrogens (tertiary/aromatic N) is 1. The van der Waals surface area contributed by atoms with Gasteiger partial charge in [0.15, 0.2) is 0 Å². The molecule has 2 rings (SSSR count). The van der Waals surface area contributed by atoms with Crippen molar-refractivity contribution >= 4 is 5.91 Å². The summed E-state index contributed by atoms with van der Waals surface area (Å²) in [6.45, 7) is 6.67. The molecule has 0 radical (unpaired) electrons. The van der Waals surface area contributed by atoms with Gasteiger partial charge in [-0.1, -0.05) is 6.92 Å². The number of nitrogens with one attached hydrogen (secondary N) is 1. The zero-order valence-corrected chi connectivity index (χ0v) is 11.7. The van der Waals surface area contributed by atoms with Gasteiger partial charge in [0.2, 0.25) is 5.91 Å². The van der Waals surface area contributed by atoms with Crippen molar-refractivity contribution in [3.8, 4) is 0 Å². The summed E-state index contributed by atoms with van der Waals surface area (Å²) < 4.78 is 5.23. The average Bonchev–Trinajstić information content (AvgIpc) is 2.39. The maximum Gasteiger partial charge on any atom is 0.228 e. The van der Waals surface area contributed by atoms with Crippen molar-refractivity contribution in [1.29, 1.82) is 0 Å². The van der Waals surface area contributed by atoms with E-state index in [0.717, 1.165) is 52.0 Å². The van der Waals surface area contributed by atoms with Crippen LogP contribution in [0.15, 0.2) is 0 Å². The van der Waals surface area contributed by atoms with E-state index >= 15 is 0 Å². The van der Waals surface area contributed by atoms with Crippen molar-refractivity contribution in [2.24, 2.45) is 11.3 Å². The molecular weight excluding hydrogens is 228 g/mol. The fourth-order valence-corrected chi connectivity index (χ4v) is 3.20. The Balaban J connectivity index is 1.95. The summed E-state index contributed by atoms with van der Waals surface area (Å²) in [5.41, 5.74) is -0.139.